The molecular formula is C16H14ClN3O3. The summed E-state index contributed by atoms with van der Waals surface area (Å²) in [6, 6.07) is 13.6. The first-order valence-electron chi connectivity index (χ1n) is 6.63. The Kier molecular flexibility index (Phi) is 5.71. The number of hydrazone groups is 1. The van der Waals surface area contributed by atoms with Crippen LogP contribution in [0.5, 0.6) is 5.75 Å². The Balaban J connectivity index is 1.92. The van der Waals surface area contributed by atoms with E-state index in [1.807, 2.05) is 0 Å². The standard InChI is InChI=1S/C16H14ClN3O3/c1-23-13-7-4-6-12(9-13)19-15(21)16(22)20-18-10-11-5-2-3-8-14(11)17/h2-10H,1H3,(H,19,21)(H,20,22)/b18-10-. The number of hydrogen-bond acceptors (Lipinski definition) is 4. The molecule has 2 N–H and O–H groups in total. The van der Waals surface area contributed by atoms with Gasteiger partial charge in [-0.15, -0.1) is 0 Å². The smallest absolute Gasteiger partial charge is 0.329 e. The molecule has 23 heavy (non-hydrogen) atoms. The summed E-state index contributed by atoms with van der Waals surface area (Å²) in [6.45, 7) is 0. The summed E-state index contributed by atoms with van der Waals surface area (Å²) in [7, 11) is 1.51. The van der Waals surface area contributed by atoms with Crippen molar-refractivity contribution in [3.8, 4) is 5.75 Å². The van der Waals surface area contributed by atoms with E-state index in [0.717, 1.165) is 0 Å². The maximum absolute atomic E-state index is 11.8. The van der Waals surface area contributed by atoms with Gasteiger partial charge in [-0.1, -0.05) is 35.9 Å². The summed E-state index contributed by atoms with van der Waals surface area (Å²) >= 11 is 5.94. The van der Waals surface area contributed by atoms with Crippen molar-refractivity contribution in [2.75, 3.05) is 12.4 Å². The average Bonchev–Trinajstić information content (AvgIpc) is 2.56. The van der Waals surface area contributed by atoms with E-state index >= 15 is 0 Å². The largest absolute Gasteiger partial charge is 0.497 e. The highest BCUT2D eigenvalue weighted by atomic mass is 35.5. The van der Waals surface area contributed by atoms with Gasteiger partial charge in [0.2, 0.25) is 0 Å². The number of ether oxygens (including phenoxy) is 1. The average molecular weight is 332 g/mol. The molecule has 2 rings (SSSR count). The Morgan fingerprint density at radius 1 is 1.13 bits per heavy atom. The first kappa shape index (κ1) is 16.5. The molecule has 7 heteroatoms. The van der Waals surface area contributed by atoms with E-state index < -0.39 is 11.8 Å². The van der Waals surface area contributed by atoms with Gasteiger partial charge in [-0.3, -0.25) is 9.59 Å². The number of halogens is 1. The molecule has 0 spiro atoms. The molecule has 118 valence electrons. The number of rotatable bonds is 4. The van der Waals surface area contributed by atoms with Gasteiger partial charge in [-0.2, -0.15) is 5.10 Å². The van der Waals surface area contributed by atoms with Crippen molar-refractivity contribution in [3.63, 3.8) is 0 Å². The highest BCUT2D eigenvalue weighted by Crippen LogP contribution is 2.16. The fourth-order valence-electron chi connectivity index (χ4n) is 1.68. The lowest BCUT2D eigenvalue weighted by atomic mass is 10.2. The molecule has 0 fully saturated rings. The zero-order valence-corrected chi connectivity index (χ0v) is 13.0. The van der Waals surface area contributed by atoms with Gasteiger partial charge in [-0.05, 0) is 18.2 Å². The van der Waals surface area contributed by atoms with Crippen molar-refractivity contribution >= 4 is 35.3 Å². The number of anilines is 1. The molecule has 0 heterocycles. The molecule has 0 saturated carbocycles. The Labute approximate surface area is 138 Å². The lowest BCUT2D eigenvalue weighted by Crippen LogP contribution is -2.32. The summed E-state index contributed by atoms with van der Waals surface area (Å²) in [5.41, 5.74) is 3.21. The van der Waals surface area contributed by atoms with Crippen LogP contribution in [0.25, 0.3) is 0 Å². The number of carbonyl (C=O) groups is 2. The van der Waals surface area contributed by atoms with Crippen molar-refractivity contribution in [1.82, 2.24) is 5.43 Å². The molecule has 2 aromatic rings. The zero-order valence-electron chi connectivity index (χ0n) is 12.2. The SMILES string of the molecule is COc1cccc(NC(=O)C(=O)N/N=C\c2ccccc2Cl)c1. The molecule has 0 atom stereocenters. The number of nitrogens with one attached hydrogen (secondary N) is 2. The second-order valence-corrected chi connectivity index (χ2v) is 4.81. The summed E-state index contributed by atoms with van der Waals surface area (Å²) in [5, 5.41) is 6.64. The quantitative estimate of drug-likeness (QED) is 0.513. The molecule has 6 nitrogen and oxygen atoms in total. The Bertz CT molecular complexity index is 747. The van der Waals surface area contributed by atoms with Gasteiger partial charge in [0.25, 0.3) is 0 Å². The van der Waals surface area contributed by atoms with E-state index in [4.69, 9.17) is 16.3 Å². The van der Waals surface area contributed by atoms with Gasteiger partial charge in [0.1, 0.15) is 5.75 Å². The number of nitrogens with zero attached hydrogens (tertiary/aromatic N) is 1. The first-order chi connectivity index (χ1) is 11.1. The molecule has 0 aliphatic rings. The Morgan fingerprint density at radius 3 is 2.65 bits per heavy atom. The maximum atomic E-state index is 11.8. The van der Waals surface area contributed by atoms with Gasteiger partial charge >= 0.3 is 11.8 Å². The molecule has 0 bridgehead atoms. The number of amides is 2. The second kappa shape index (κ2) is 7.95. The molecule has 0 aromatic heterocycles. The third-order valence-corrected chi connectivity index (χ3v) is 3.15. The summed E-state index contributed by atoms with van der Waals surface area (Å²) in [6.07, 6.45) is 1.36. The van der Waals surface area contributed by atoms with Gasteiger partial charge < -0.3 is 10.1 Å². The molecular weight excluding hydrogens is 318 g/mol. The topological polar surface area (TPSA) is 79.8 Å². The van der Waals surface area contributed by atoms with E-state index in [9.17, 15) is 9.59 Å². The molecule has 0 radical (unpaired) electrons. The summed E-state index contributed by atoms with van der Waals surface area (Å²) < 4.78 is 5.03. The molecule has 0 aliphatic carbocycles. The van der Waals surface area contributed by atoms with Crippen LogP contribution in [0.4, 0.5) is 5.69 Å². The maximum Gasteiger partial charge on any atom is 0.329 e. The third kappa shape index (κ3) is 4.82. The molecule has 0 aliphatic heterocycles. The van der Waals surface area contributed by atoms with E-state index in [2.05, 4.69) is 15.8 Å². The van der Waals surface area contributed by atoms with Gasteiger partial charge in [-0.25, -0.2) is 5.43 Å². The van der Waals surface area contributed by atoms with Crippen LogP contribution in [0.2, 0.25) is 5.02 Å². The number of benzene rings is 2. The van der Waals surface area contributed by atoms with Crippen molar-refractivity contribution in [3.05, 3.63) is 59.1 Å². The molecule has 2 aromatic carbocycles. The van der Waals surface area contributed by atoms with Crippen molar-refractivity contribution < 1.29 is 14.3 Å². The van der Waals surface area contributed by atoms with Crippen molar-refractivity contribution in [2.45, 2.75) is 0 Å². The predicted octanol–water partition coefficient (Wildman–Crippen LogP) is 2.44. The van der Waals surface area contributed by atoms with Crippen molar-refractivity contribution in [1.29, 1.82) is 0 Å². The summed E-state index contributed by atoms with van der Waals surface area (Å²) in [4.78, 5) is 23.4. The van der Waals surface area contributed by atoms with E-state index in [1.165, 1.54) is 13.3 Å². The number of methoxy groups -OCH3 is 1. The molecule has 0 saturated heterocycles. The van der Waals surface area contributed by atoms with Crippen LogP contribution in [0.1, 0.15) is 5.56 Å². The van der Waals surface area contributed by atoms with Gasteiger partial charge in [0, 0.05) is 22.3 Å². The fourth-order valence-corrected chi connectivity index (χ4v) is 1.86. The van der Waals surface area contributed by atoms with Gasteiger partial charge in [0.05, 0.1) is 13.3 Å². The lowest BCUT2D eigenvalue weighted by molar-refractivity contribution is -0.136. The van der Waals surface area contributed by atoms with Crippen LogP contribution >= 0.6 is 11.6 Å². The zero-order chi connectivity index (χ0) is 16.7. The van der Waals surface area contributed by atoms with Crippen LogP contribution in [-0.2, 0) is 9.59 Å². The number of carbonyl (C=O) groups excluding carboxylic acids is 2. The monoisotopic (exact) mass is 331 g/mol. The summed E-state index contributed by atoms with van der Waals surface area (Å²) in [5.74, 6) is -1.16. The molecule has 2 amide bonds. The lowest BCUT2D eigenvalue weighted by Gasteiger charge is -2.05. The normalized spacial score (nSPS) is 10.3. The Morgan fingerprint density at radius 2 is 1.91 bits per heavy atom. The predicted molar refractivity (Wildman–Crippen MR) is 88.8 cm³/mol. The number of hydrogen-bond donors (Lipinski definition) is 2. The van der Waals surface area contributed by atoms with Crippen molar-refractivity contribution in [2.24, 2.45) is 5.10 Å². The van der Waals surface area contributed by atoms with Crippen LogP contribution in [-0.4, -0.2) is 25.1 Å². The van der Waals surface area contributed by atoms with E-state index in [-0.39, 0.29) is 0 Å². The Hall–Kier alpha value is -2.86. The van der Waals surface area contributed by atoms with E-state index in [0.29, 0.717) is 22.0 Å². The van der Waals surface area contributed by atoms with Crippen LogP contribution < -0.4 is 15.5 Å². The minimum absolute atomic E-state index is 0.444. The van der Waals surface area contributed by atoms with Crippen LogP contribution in [0.3, 0.4) is 0 Å². The van der Waals surface area contributed by atoms with Crippen LogP contribution in [0, 0.1) is 0 Å². The third-order valence-electron chi connectivity index (χ3n) is 2.81. The highest BCUT2D eigenvalue weighted by molar-refractivity contribution is 6.39. The fraction of sp³-hybridized carbons (Fsp3) is 0.0625. The minimum atomic E-state index is -0.892. The van der Waals surface area contributed by atoms with E-state index in [1.54, 1.807) is 48.5 Å². The second-order valence-electron chi connectivity index (χ2n) is 4.41. The minimum Gasteiger partial charge on any atom is -0.497 e. The molecule has 0 unspecified atom stereocenters. The van der Waals surface area contributed by atoms with Crippen LogP contribution in [0.15, 0.2) is 53.6 Å². The first-order valence-corrected chi connectivity index (χ1v) is 7.01. The van der Waals surface area contributed by atoms with Gasteiger partial charge in [0.15, 0.2) is 0 Å². The highest BCUT2D eigenvalue weighted by Gasteiger charge is 2.13.